The van der Waals surface area contributed by atoms with Crippen LogP contribution in [0.25, 0.3) is 0 Å². The summed E-state index contributed by atoms with van der Waals surface area (Å²) in [7, 11) is 3.88. The molecule has 0 aliphatic carbocycles. The number of carbonyl (C=O) groups excluding carboxylic acids is 1. The third-order valence-corrected chi connectivity index (χ3v) is 5.01. The van der Waals surface area contributed by atoms with Crippen molar-refractivity contribution in [2.75, 3.05) is 20.3 Å². The second-order valence-electron chi connectivity index (χ2n) is 11.8. The fourth-order valence-electron chi connectivity index (χ4n) is 3.45. The van der Waals surface area contributed by atoms with Gasteiger partial charge < -0.3 is 14.4 Å². The molecular weight excluding hydrogens is 369 g/mol. The maximum Gasteiger partial charge on any atom is 0.225 e. The number of nitrogens with zero attached hydrogens (tertiary/aromatic N) is 1. The van der Waals surface area contributed by atoms with Crippen molar-refractivity contribution in [3.8, 4) is 0 Å². The minimum Gasteiger partial charge on any atom is -0.379 e. The largest absolute Gasteiger partial charge is 0.379 e. The van der Waals surface area contributed by atoms with Gasteiger partial charge in [-0.25, -0.2) is 0 Å². The number of ether oxygens (including phenoxy) is 2. The molecule has 4 nitrogen and oxygen atoms in total. The Morgan fingerprint density at radius 3 is 1.86 bits per heavy atom. The van der Waals surface area contributed by atoms with E-state index in [9.17, 15) is 4.79 Å². The monoisotopic (exact) mass is 415 g/mol. The van der Waals surface area contributed by atoms with Crippen LogP contribution in [0.2, 0.25) is 5.31 Å². The summed E-state index contributed by atoms with van der Waals surface area (Å²) in [5.41, 5.74) is -1.04. The maximum absolute atomic E-state index is 13.4. The van der Waals surface area contributed by atoms with Crippen LogP contribution >= 0.6 is 12.6 Å². The molecule has 166 valence electrons. The van der Waals surface area contributed by atoms with Gasteiger partial charge in [0.05, 0.1) is 24.2 Å². The molecule has 0 unspecified atom stereocenters. The average molecular weight is 415 g/mol. The lowest BCUT2D eigenvalue weighted by molar-refractivity contribution is -0.144. The van der Waals surface area contributed by atoms with Crippen molar-refractivity contribution in [1.82, 2.24) is 4.90 Å². The molecule has 0 spiro atoms. The second-order valence-corrected chi connectivity index (χ2v) is 13.1. The summed E-state index contributed by atoms with van der Waals surface area (Å²) in [6.45, 7) is 22.2. The minimum absolute atomic E-state index is 0.0150. The molecule has 0 aliphatic heterocycles. The Balaban J connectivity index is 5.28. The first-order valence-corrected chi connectivity index (χ1v) is 10.9. The number of thiol groups is 1. The Labute approximate surface area is 181 Å². The van der Waals surface area contributed by atoms with Crippen molar-refractivity contribution >= 4 is 26.4 Å². The highest BCUT2D eigenvalue weighted by Gasteiger charge is 2.38. The molecule has 0 aromatic heterocycles. The zero-order valence-corrected chi connectivity index (χ0v) is 21.5. The van der Waals surface area contributed by atoms with Crippen molar-refractivity contribution in [3.05, 3.63) is 0 Å². The number of carbonyl (C=O) groups is 1. The summed E-state index contributed by atoms with van der Waals surface area (Å²) in [6.07, 6.45) is 1.95. The van der Waals surface area contributed by atoms with Gasteiger partial charge in [-0.15, -0.1) is 0 Å². The number of hydrogen-bond acceptors (Lipinski definition) is 4. The minimum atomic E-state index is -0.524. The predicted octanol–water partition coefficient (Wildman–Crippen LogP) is 4.52. The van der Waals surface area contributed by atoms with Gasteiger partial charge in [-0.1, -0.05) is 27.7 Å². The van der Waals surface area contributed by atoms with Gasteiger partial charge >= 0.3 is 0 Å². The molecule has 0 bridgehead atoms. The van der Waals surface area contributed by atoms with E-state index in [-0.39, 0.29) is 27.1 Å². The van der Waals surface area contributed by atoms with E-state index in [1.54, 1.807) is 7.11 Å². The smallest absolute Gasteiger partial charge is 0.225 e. The Hall–Kier alpha value is -0.195. The fourth-order valence-corrected chi connectivity index (χ4v) is 3.84. The Kier molecular flexibility index (Phi) is 9.67. The van der Waals surface area contributed by atoms with E-state index in [1.807, 2.05) is 32.6 Å². The molecule has 1 amide bonds. The highest BCUT2D eigenvalue weighted by atomic mass is 32.1. The first-order chi connectivity index (χ1) is 12.2. The number of amides is 1. The van der Waals surface area contributed by atoms with Gasteiger partial charge in [0.1, 0.15) is 7.85 Å². The van der Waals surface area contributed by atoms with Gasteiger partial charge in [-0.2, -0.15) is 12.6 Å². The van der Waals surface area contributed by atoms with Gasteiger partial charge in [0.2, 0.25) is 5.91 Å². The van der Waals surface area contributed by atoms with Crippen molar-refractivity contribution in [3.63, 3.8) is 0 Å². The Morgan fingerprint density at radius 1 is 0.964 bits per heavy atom. The topological polar surface area (TPSA) is 38.8 Å². The van der Waals surface area contributed by atoms with E-state index in [4.69, 9.17) is 22.1 Å². The van der Waals surface area contributed by atoms with Crippen molar-refractivity contribution in [1.29, 1.82) is 0 Å². The molecular formula is C22H46BNO3S. The van der Waals surface area contributed by atoms with Crippen molar-refractivity contribution in [2.24, 2.45) is 0 Å². The van der Waals surface area contributed by atoms with Crippen LogP contribution < -0.4 is 0 Å². The lowest BCUT2D eigenvalue weighted by Crippen LogP contribution is -2.54. The van der Waals surface area contributed by atoms with E-state index in [0.717, 1.165) is 12.8 Å². The van der Waals surface area contributed by atoms with Crippen molar-refractivity contribution in [2.45, 2.75) is 115 Å². The predicted molar refractivity (Wildman–Crippen MR) is 126 cm³/mol. The molecule has 0 saturated carbocycles. The zero-order chi connectivity index (χ0) is 22.6. The summed E-state index contributed by atoms with van der Waals surface area (Å²) in [5, 5.41) is 0.0150. The lowest BCUT2D eigenvalue weighted by atomic mass is 9.71. The Morgan fingerprint density at radius 2 is 1.46 bits per heavy atom. The molecule has 0 N–H and O–H groups in total. The SMILES string of the molecule is BC(C)(C)CN(C(=O)CC(C)(C)OCCC(C)(C)OC)C(C)(C)CC(C)(C)S. The molecule has 0 heterocycles. The van der Waals surface area contributed by atoms with E-state index in [0.29, 0.717) is 19.6 Å². The van der Waals surface area contributed by atoms with Crippen LogP contribution in [0.15, 0.2) is 0 Å². The summed E-state index contributed by atoms with van der Waals surface area (Å²) >= 11 is 4.72. The third-order valence-electron chi connectivity index (χ3n) is 4.86. The first-order valence-electron chi connectivity index (χ1n) is 10.4. The van der Waals surface area contributed by atoms with Crippen LogP contribution in [0.5, 0.6) is 0 Å². The van der Waals surface area contributed by atoms with Crippen LogP contribution in [0, 0.1) is 0 Å². The quantitative estimate of drug-likeness (QED) is 0.376. The van der Waals surface area contributed by atoms with Gasteiger partial charge in [0, 0.05) is 23.9 Å². The van der Waals surface area contributed by atoms with Crippen LogP contribution in [-0.2, 0) is 14.3 Å². The molecule has 0 fully saturated rings. The van der Waals surface area contributed by atoms with E-state index in [1.165, 1.54) is 0 Å². The Bertz CT molecular complexity index is 505. The van der Waals surface area contributed by atoms with Crippen LogP contribution in [0.1, 0.15) is 88.5 Å². The third kappa shape index (κ3) is 11.7. The van der Waals surface area contributed by atoms with Crippen LogP contribution in [-0.4, -0.2) is 60.4 Å². The van der Waals surface area contributed by atoms with E-state index < -0.39 is 5.60 Å². The normalized spacial score (nSPS) is 14.3. The molecule has 0 saturated heterocycles. The molecule has 28 heavy (non-hydrogen) atoms. The fraction of sp³-hybridized carbons (Fsp3) is 0.955. The summed E-state index contributed by atoms with van der Waals surface area (Å²) in [4.78, 5) is 15.4. The van der Waals surface area contributed by atoms with Crippen LogP contribution in [0.4, 0.5) is 0 Å². The molecule has 0 radical (unpaired) electrons. The van der Waals surface area contributed by atoms with E-state index in [2.05, 4.69) is 49.4 Å². The first kappa shape index (κ1) is 27.8. The molecule has 0 atom stereocenters. The molecule has 0 aromatic carbocycles. The summed E-state index contributed by atoms with van der Waals surface area (Å²) < 4.78 is 11.4. The maximum atomic E-state index is 13.4. The van der Waals surface area contributed by atoms with Gasteiger partial charge in [-0.05, 0) is 59.7 Å². The highest BCUT2D eigenvalue weighted by molar-refractivity contribution is 7.81. The average Bonchev–Trinajstić information content (AvgIpc) is 2.40. The van der Waals surface area contributed by atoms with Gasteiger partial charge in [0.15, 0.2) is 0 Å². The van der Waals surface area contributed by atoms with Gasteiger partial charge in [-0.3, -0.25) is 4.79 Å². The lowest BCUT2D eigenvalue weighted by Gasteiger charge is -2.46. The molecule has 0 aliphatic rings. The molecule has 6 heteroatoms. The highest BCUT2D eigenvalue weighted by Crippen LogP contribution is 2.34. The number of hydrogen-bond donors (Lipinski definition) is 1. The summed E-state index contributed by atoms with van der Waals surface area (Å²) in [5.74, 6) is 0.133. The second kappa shape index (κ2) is 9.74. The number of methoxy groups -OCH3 is 1. The number of rotatable bonds is 12. The standard InChI is InChI=1S/C22H46BNO3S/c1-18(2,23)16-24(19(3,4)15-22(9,10)28)17(25)14-21(7,8)27-13-12-20(5,6)26-11/h28H,12-16,23H2,1-11H3. The van der Waals surface area contributed by atoms with E-state index >= 15 is 0 Å². The molecule has 0 aromatic rings. The zero-order valence-electron chi connectivity index (χ0n) is 20.7. The van der Waals surface area contributed by atoms with Crippen molar-refractivity contribution < 1.29 is 14.3 Å². The van der Waals surface area contributed by atoms with Gasteiger partial charge in [0.25, 0.3) is 0 Å². The summed E-state index contributed by atoms with van der Waals surface area (Å²) in [6, 6.07) is 0. The molecule has 0 rings (SSSR count). The van der Waals surface area contributed by atoms with Crippen LogP contribution in [0.3, 0.4) is 0 Å².